The Morgan fingerprint density at radius 1 is 1.22 bits per heavy atom. The van der Waals surface area contributed by atoms with E-state index in [1.807, 2.05) is 0 Å². The van der Waals surface area contributed by atoms with E-state index >= 15 is 0 Å². The molecule has 0 saturated carbocycles. The summed E-state index contributed by atoms with van der Waals surface area (Å²) < 4.78 is 0. The summed E-state index contributed by atoms with van der Waals surface area (Å²) >= 11 is 0. The van der Waals surface area contributed by atoms with Crippen LogP contribution in [-0.4, -0.2) is 18.6 Å². The molecule has 0 aliphatic carbocycles. The van der Waals surface area contributed by atoms with Crippen LogP contribution in [0, 0.1) is 6.92 Å². The SMILES string of the molecule is Cc1ccc(N(C)C(C)C)c(CNC(C)(C)C)c1. The number of hydrogen-bond donors (Lipinski definition) is 1. The van der Waals surface area contributed by atoms with Crippen molar-refractivity contribution >= 4 is 5.69 Å². The van der Waals surface area contributed by atoms with E-state index in [9.17, 15) is 0 Å². The lowest BCUT2D eigenvalue weighted by molar-refractivity contribution is 0.424. The van der Waals surface area contributed by atoms with Gasteiger partial charge in [-0.2, -0.15) is 0 Å². The molecule has 0 aromatic heterocycles. The third kappa shape index (κ3) is 4.34. The number of nitrogens with one attached hydrogen (secondary N) is 1. The molecule has 18 heavy (non-hydrogen) atoms. The van der Waals surface area contributed by atoms with Crippen LogP contribution in [0.25, 0.3) is 0 Å². The number of benzene rings is 1. The maximum absolute atomic E-state index is 3.57. The molecule has 0 saturated heterocycles. The first-order valence-electron chi connectivity index (χ1n) is 6.78. The zero-order valence-corrected chi connectivity index (χ0v) is 13.0. The monoisotopic (exact) mass is 248 g/mol. The van der Waals surface area contributed by atoms with Gasteiger partial charge in [0, 0.05) is 30.9 Å². The largest absolute Gasteiger partial charge is 0.372 e. The van der Waals surface area contributed by atoms with Crippen molar-refractivity contribution in [1.29, 1.82) is 0 Å². The lowest BCUT2D eigenvalue weighted by Crippen LogP contribution is -2.36. The molecule has 0 heterocycles. The molecule has 0 aliphatic heterocycles. The van der Waals surface area contributed by atoms with Crippen molar-refractivity contribution < 1.29 is 0 Å². The fourth-order valence-electron chi connectivity index (χ4n) is 1.84. The highest BCUT2D eigenvalue weighted by molar-refractivity contribution is 5.55. The Morgan fingerprint density at radius 2 is 1.83 bits per heavy atom. The summed E-state index contributed by atoms with van der Waals surface area (Å²) in [5.74, 6) is 0. The molecule has 0 amide bonds. The van der Waals surface area contributed by atoms with Crippen molar-refractivity contribution in [2.75, 3.05) is 11.9 Å². The van der Waals surface area contributed by atoms with Gasteiger partial charge in [-0.05, 0) is 53.2 Å². The molecule has 0 atom stereocenters. The van der Waals surface area contributed by atoms with E-state index in [0.29, 0.717) is 6.04 Å². The molecule has 1 N–H and O–H groups in total. The molecule has 102 valence electrons. The van der Waals surface area contributed by atoms with Gasteiger partial charge in [-0.3, -0.25) is 0 Å². The van der Waals surface area contributed by atoms with Crippen LogP contribution in [0.5, 0.6) is 0 Å². The maximum Gasteiger partial charge on any atom is 0.0411 e. The smallest absolute Gasteiger partial charge is 0.0411 e. The van der Waals surface area contributed by atoms with Crippen LogP contribution in [0.3, 0.4) is 0 Å². The van der Waals surface area contributed by atoms with Crippen molar-refractivity contribution in [1.82, 2.24) is 5.32 Å². The molecule has 0 radical (unpaired) electrons. The lowest BCUT2D eigenvalue weighted by atomic mass is 10.0. The highest BCUT2D eigenvalue weighted by atomic mass is 15.1. The summed E-state index contributed by atoms with van der Waals surface area (Å²) in [6.07, 6.45) is 0. The average molecular weight is 248 g/mol. The van der Waals surface area contributed by atoms with Gasteiger partial charge in [0.2, 0.25) is 0 Å². The second-order valence-electron chi connectivity index (χ2n) is 6.44. The molecule has 0 unspecified atom stereocenters. The van der Waals surface area contributed by atoms with Crippen LogP contribution >= 0.6 is 0 Å². The summed E-state index contributed by atoms with van der Waals surface area (Å²) in [6.45, 7) is 14.1. The van der Waals surface area contributed by atoms with E-state index in [-0.39, 0.29) is 5.54 Å². The van der Waals surface area contributed by atoms with E-state index in [1.165, 1.54) is 16.8 Å². The predicted octanol–water partition coefficient (Wildman–Crippen LogP) is 3.73. The molecule has 0 bridgehead atoms. The molecule has 2 nitrogen and oxygen atoms in total. The highest BCUT2D eigenvalue weighted by Crippen LogP contribution is 2.23. The Balaban J connectivity index is 2.97. The molecule has 1 aromatic rings. The van der Waals surface area contributed by atoms with Crippen LogP contribution < -0.4 is 10.2 Å². The van der Waals surface area contributed by atoms with Gasteiger partial charge in [-0.25, -0.2) is 0 Å². The molecular weight excluding hydrogens is 220 g/mol. The van der Waals surface area contributed by atoms with Gasteiger partial charge < -0.3 is 10.2 Å². The summed E-state index contributed by atoms with van der Waals surface area (Å²) in [6, 6.07) is 7.22. The number of hydrogen-bond acceptors (Lipinski definition) is 2. The van der Waals surface area contributed by atoms with Crippen molar-refractivity contribution in [2.24, 2.45) is 0 Å². The number of anilines is 1. The predicted molar refractivity (Wildman–Crippen MR) is 81.3 cm³/mol. The molecule has 0 aliphatic rings. The normalized spacial score (nSPS) is 12.0. The first kappa shape index (κ1) is 15.0. The molecule has 2 heteroatoms. The van der Waals surface area contributed by atoms with Crippen molar-refractivity contribution in [3.05, 3.63) is 29.3 Å². The topological polar surface area (TPSA) is 15.3 Å². The second-order valence-corrected chi connectivity index (χ2v) is 6.44. The van der Waals surface area contributed by atoms with Crippen molar-refractivity contribution in [3.8, 4) is 0 Å². The molecule has 0 fully saturated rings. The quantitative estimate of drug-likeness (QED) is 0.873. The van der Waals surface area contributed by atoms with Crippen LogP contribution in [0.2, 0.25) is 0 Å². The first-order chi connectivity index (χ1) is 8.20. The van der Waals surface area contributed by atoms with E-state index in [2.05, 4.69) is 77.0 Å². The molecule has 0 spiro atoms. The van der Waals surface area contributed by atoms with Crippen LogP contribution in [0.1, 0.15) is 45.7 Å². The third-order valence-electron chi connectivity index (χ3n) is 3.20. The third-order valence-corrected chi connectivity index (χ3v) is 3.20. The van der Waals surface area contributed by atoms with E-state index in [1.54, 1.807) is 0 Å². The summed E-state index contributed by atoms with van der Waals surface area (Å²) in [5, 5.41) is 3.57. The Morgan fingerprint density at radius 3 is 2.33 bits per heavy atom. The average Bonchev–Trinajstić information content (AvgIpc) is 2.24. The fourth-order valence-corrected chi connectivity index (χ4v) is 1.84. The summed E-state index contributed by atoms with van der Waals surface area (Å²) in [4.78, 5) is 2.33. The Hall–Kier alpha value is -1.02. The van der Waals surface area contributed by atoms with E-state index in [4.69, 9.17) is 0 Å². The Bertz CT molecular complexity index is 389. The molecular formula is C16H28N2. The van der Waals surface area contributed by atoms with Crippen LogP contribution in [-0.2, 0) is 6.54 Å². The maximum atomic E-state index is 3.57. The Labute approximate surface area is 112 Å². The van der Waals surface area contributed by atoms with E-state index < -0.39 is 0 Å². The van der Waals surface area contributed by atoms with Gasteiger partial charge in [0.05, 0.1) is 0 Å². The van der Waals surface area contributed by atoms with Gasteiger partial charge in [0.1, 0.15) is 0 Å². The van der Waals surface area contributed by atoms with Crippen LogP contribution in [0.15, 0.2) is 18.2 Å². The lowest BCUT2D eigenvalue weighted by Gasteiger charge is -2.28. The minimum absolute atomic E-state index is 0.150. The highest BCUT2D eigenvalue weighted by Gasteiger charge is 2.13. The first-order valence-corrected chi connectivity index (χ1v) is 6.78. The molecule has 1 rings (SSSR count). The Kier molecular flexibility index (Phi) is 4.80. The van der Waals surface area contributed by atoms with Gasteiger partial charge in [0.15, 0.2) is 0 Å². The van der Waals surface area contributed by atoms with Gasteiger partial charge in [-0.1, -0.05) is 17.7 Å². The number of nitrogens with zero attached hydrogens (tertiary/aromatic N) is 1. The minimum atomic E-state index is 0.150. The zero-order chi connectivity index (χ0) is 13.9. The van der Waals surface area contributed by atoms with Gasteiger partial charge in [0.25, 0.3) is 0 Å². The summed E-state index contributed by atoms with van der Waals surface area (Å²) in [7, 11) is 2.16. The van der Waals surface area contributed by atoms with Crippen molar-refractivity contribution in [3.63, 3.8) is 0 Å². The van der Waals surface area contributed by atoms with Gasteiger partial charge >= 0.3 is 0 Å². The van der Waals surface area contributed by atoms with Crippen molar-refractivity contribution in [2.45, 2.75) is 59.7 Å². The fraction of sp³-hybridized carbons (Fsp3) is 0.625. The standard InChI is InChI=1S/C16H28N2/c1-12(2)18(7)15-9-8-13(3)10-14(15)11-17-16(4,5)6/h8-10,12,17H,11H2,1-7H3. The molecule has 1 aromatic carbocycles. The number of aryl methyl sites for hydroxylation is 1. The van der Waals surface area contributed by atoms with E-state index in [0.717, 1.165) is 6.54 Å². The minimum Gasteiger partial charge on any atom is -0.372 e. The summed E-state index contributed by atoms with van der Waals surface area (Å²) in [5.41, 5.74) is 4.17. The van der Waals surface area contributed by atoms with Gasteiger partial charge in [-0.15, -0.1) is 0 Å². The number of rotatable bonds is 4. The van der Waals surface area contributed by atoms with Crippen LogP contribution in [0.4, 0.5) is 5.69 Å². The zero-order valence-electron chi connectivity index (χ0n) is 13.0. The second kappa shape index (κ2) is 5.75.